The van der Waals surface area contributed by atoms with Gasteiger partial charge in [0.2, 0.25) is 0 Å². The molecule has 0 aliphatic carbocycles. The summed E-state index contributed by atoms with van der Waals surface area (Å²) >= 11 is 3.48. The van der Waals surface area contributed by atoms with Gasteiger partial charge in [-0.3, -0.25) is 0 Å². The highest BCUT2D eigenvalue weighted by molar-refractivity contribution is 9.10. The summed E-state index contributed by atoms with van der Waals surface area (Å²) in [6, 6.07) is 16.2. The fourth-order valence-electron chi connectivity index (χ4n) is 2.12. The highest BCUT2D eigenvalue weighted by atomic mass is 79.9. The van der Waals surface area contributed by atoms with E-state index in [1.54, 1.807) is 7.11 Å². The van der Waals surface area contributed by atoms with Crippen LogP contribution in [0.5, 0.6) is 5.75 Å². The SMILES string of the molecule is CNCC(OCc1cccc(Br)c1)c1cccc(OC)c1. The van der Waals surface area contributed by atoms with E-state index in [0.29, 0.717) is 6.61 Å². The molecular formula is C17H20BrNO2. The number of nitrogens with one attached hydrogen (secondary N) is 1. The summed E-state index contributed by atoms with van der Waals surface area (Å²) in [5.74, 6) is 0.847. The Hall–Kier alpha value is -1.36. The number of benzene rings is 2. The molecule has 112 valence electrons. The van der Waals surface area contributed by atoms with Crippen LogP contribution in [0.3, 0.4) is 0 Å². The van der Waals surface area contributed by atoms with Gasteiger partial charge in [0, 0.05) is 11.0 Å². The lowest BCUT2D eigenvalue weighted by Crippen LogP contribution is -2.19. The molecule has 0 spiro atoms. The summed E-state index contributed by atoms with van der Waals surface area (Å²) in [6.07, 6.45) is -0.0101. The molecule has 2 aromatic carbocycles. The molecule has 2 rings (SSSR count). The lowest BCUT2D eigenvalue weighted by molar-refractivity contribution is 0.0409. The van der Waals surface area contributed by atoms with Crippen LogP contribution in [0.15, 0.2) is 53.0 Å². The van der Waals surface area contributed by atoms with E-state index in [-0.39, 0.29) is 6.10 Å². The maximum absolute atomic E-state index is 6.07. The quantitative estimate of drug-likeness (QED) is 0.821. The summed E-state index contributed by atoms with van der Waals surface area (Å²) in [5.41, 5.74) is 2.26. The van der Waals surface area contributed by atoms with Gasteiger partial charge in [-0.05, 0) is 42.4 Å². The van der Waals surface area contributed by atoms with Gasteiger partial charge < -0.3 is 14.8 Å². The normalized spacial score (nSPS) is 12.1. The van der Waals surface area contributed by atoms with Crippen molar-refractivity contribution in [3.8, 4) is 5.75 Å². The second-order valence-electron chi connectivity index (χ2n) is 4.76. The lowest BCUT2D eigenvalue weighted by atomic mass is 10.1. The Labute approximate surface area is 134 Å². The highest BCUT2D eigenvalue weighted by Crippen LogP contribution is 2.23. The third kappa shape index (κ3) is 4.84. The van der Waals surface area contributed by atoms with Crippen LogP contribution in [-0.2, 0) is 11.3 Å². The number of ether oxygens (including phenoxy) is 2. The van der Waals surface area contributed by atoms with E-state index in [9.17, 15) is 0 Å². The van der Waals surface area contributed by atoms with Crippen molar-refractivity contribution >= 4 is 15.9 Å². The molecule has 0 aliphatic heterocycles. The molecule has 0 radical (unpaired) electrons. The Morgan fingerprint density at radius 2 is 1.95 bits per heavy atom. The van der Waals surface area contributed by atoms with Crippen LogP contribution in [0.25, 0.3) is 0 Å². The molecular weight excluding hydrogens is 330 g/mol. The topological polar surface area (TPSA) is 30.5 Å². The van der Waals surface area contributed by atoms with Crippen LogP contribution < -0.4 is 10.1 Å². The molecule has 1 atom stereocenters. The van der Waals surface area contributed by atoms with Crippen LogP contribution in [-0.4, -0.2) is 20.7 Å². The maximum atomic E-state index is 6.07. The molecule has 3 nitrogen and oxygen atoms in total. The first-order valence-corrected chi connectivity index (χ1v) is 7.67. The Bertz CT molecular complexity index is 574. The lowest BCUT2D eigenvalue weighted by Gasteiger charge is -2.19. The molecule has 21 heavy (non-hydrogen) atoms. The average Bonchev–Trinajstić information content (AvgIpc) is 2.51. The molecule has 0 heterocycles. The minimum absolute atomic E-state index is 0.0101. The van der Waals surface area contributed by atoms with Gasteiger partial charge in [-0.2, -0.15) is 0 Å². The molecule has 2 aromatic rings. The second-order valence-corrected chi connectivity index (χ2v) is 5.68. The van der Waals surface area contributed by atoms with E-state index in [1.165, 1.54) is 0 Å². The van der Waals surface area contributed by atoms with Gasteiger partial charge in [0.15, 0.2) is 0 Å². The number of hydrogen-bond acceptors (Lipinski definition) is 3. The fourth-order valence-corrected chi connectivity index (χ4v) is 2.57. The van der Waals surface area contributed by atoms with E-state index in [4.69, 9.17) is 9.47 Å². The molecule has 4 heteroatoms. The predicted molar refractivity (Wildman–Crippen MR) is 88.6 cm³/mol. The zero-order valence-electron chi connectivity index (χ0n) is 12.3. The van der Waals surface area contributed by atoms with Crippen LogP contribution in [0.2, 0.25) is 0 Å². The van der Waals surface area contributed by atoms with Crippen molar-refractivity contribution in [3.05, 3.63) is 64.1 Å². The minimum atomic E-state index is -0.0101. The first-order chi connectivity index (χ1) is 10.2. The molecule has 0 saturated heterocycles. The Balaban J connectivity index is 2.07. The molecule has 0 saturated carbocycles. The van der Waals surface area contributed by atoms with E-state index in [1.807, 2.05) is 37.4 Å². The molecule has 0 bridgehead atoms. The average molecular weight is 350 g/mol. The van der Waals surface area contributed by atoms with Crippen molar-refractivity contribution in [3.63, 3.8) is 0 Å². The van der Waals surface area contributed by atoms with E-state index in [2.05, 4.69) is 39.4 Å². The van der Waals surface area contributed by atoms with Crippen LogP contribution in [0.1, 0.15) is 17.2 Å². The predicted octanol–water partition coefficient (Wildman–Crippen LogP) is 3.94. The second kappa shape index (κ2) is 8.17. The van der Waals surface area contributed by atoms with Gasteiger partial charge in [0.1, 0.15) is 5.75 Å². The van der Waals surface area contributed by atoms with Crippen molar-refractivity contribution in [2.75, 3.05) is 20.7 Å². The highest BCUT2D eigenvalue weighted by Gasteiger charge is 2.12. The van der Waals surface area contributed by atoms with Crippen molar-refractivity contribution in [1.29, 1.82) is 0 Å². The minimum Gasteiger partial charge on any atom is -0.497 e. The third-order valence-corrected chi connectivity index (χ3v) is 3.69. The number of methoxy groups -OCH3 is 1. The van der Waals surface area contributed by atoms with Crippen molar-refractivity contribution in [1.82, 2.24) is 5.32 Å². The molecule has 1 unspecified atom stereocenters. The summed E-state index contributed by atoms with van der Waals surface area (Å²) in [7, 11) is 3.60. The van der Waals surface area contributed by atoms with Gasteiger partial charge >= 0.3 is 0 Å². The van der Waals surface area contributed by atoms with Gasteiger partial charge in [0.05, 0.1) is 19.8 Å². The summed E-state index contributed by atoms with van der Waals surface area (Å²) < 4.78 is 12.4. The van der Waals surface area contributed by atoms with E-state index >= 15 is 0 Å². The zero-order chi connectivity index (χ0) is 15.1. The van der Waals surface area contributed by atoms with Gasteiger partial charge in [0.25, 0.3) is 0 Å². The van der Waals surface area contributed by atoms with Crippen LogP contribution in [0.4, 0.5) is 0 Å². The number of likely N-dealkylation sites (N-methyl/N-ethyl adjacent to an activating group) is 1. The fraction of sp³-hybridized carbons (Fsp3) is 0.294. The first kappa shape index (κ1) is 16.0. The zero-order valence-corrected chi connectivity index (χ0v) is 13.9. The first-order valence-electron chi connectivity index (χ1n) is 6.87. The Morgan fingerprint density at radius 3 is 2.67 bits per heavy atom. The molecule has 0 aromatic heterocycles. The van der Waals surface area contributed by atoms with Crippen LogP contribution in [0, 0.1) is 0 Å². The largest absolute Gasteiger partial charge is 0.497 e. The monoisotopic (exact) mass is 349 g/mol. The Kier molecular flexibility index (Phi) is 6.23. The van der Waals surface area contributed by atoms with Crippen LogP contribution >= 0.6 is 15.9 Å². The summed E-state index contributed by atoms with van der Waals surface area (Å²) in [5, 5.41) is 3.18. The standard InChI is InChI=1S/C17H20BrNO2/c1-19-11-17(14-6-4-8-16(10-14)20-2)21-12-13-5-3-7-15(18)9-13/h3-10,17,19H,11-12H2,1-2H3. The summed E-state index contributed by atoms with van der Waals surface area (Å²) in [6.45, 7) is 1.32. The molecule has 0 aliphatic rings. The third-order valence-electron chi connectivity index (χ3n) is 3.20. The molecule has 0 amide bonds. The van der Waals surface area contributed by atoms with E-state index < -0.39 is 0 Å². The Morgan fingerprint density at radius 1 is 1.14 bits per heavy atom. The van der Waals surface area contributed by atoms with E-state index in [0.717, 1.165) is 27.9 Å². The number of halogens is 1. The number of rotatable bonds is 7. The van der Waals surface area contributed by atoms with Gasteiger partial charge in [-0.1, -0.05) is 40.2 Å². The maximum Gasteiger partial charge on any atom is 0.119 e. The van der Waals surface area contributed by atoms with Gasteiger partial charge in [-0.15, -0.1) is 0 Å². The molecule has 1 N–H and O–H groups in total. The van der Waals surface area contributed by atoms with Crippen molar-refractivity contribution in [2.45, 2.75) is 12.7 Å². The number of hydrogen-bond donors (Lipinski definition) is 1. The summed E-state index contributed by atoms with van der Waals surface area (Å²) in [4.78, 5) is 0. The molecule has 0 fully saturated rings. The van der Waals surface area contributed by atoms with Crippen molar-refractivity contribution in [2.24, 2.45) is 0 Å². The van der Waals surface area contributed by atoms with Gasteiger partial charge in [-0.25, -0.2) is 0 Å². The smallest absolute Gasteiger partial charge is 0.119 e. The van der Waals surface area contributed by atoms with Crippen molar-refractivity contribution < 1.29 is 9.47 Å².